The maximum Gasteiger partial charge on any atom is 0.310 e. The van der Waals surface area contributed by atoms with E-state index in [1.165, 1.54) is 7.11 Å². The van der Waals surface area contributed by atoms with Crippen molar-refractivity contribution in [1.82, 2.24) is 0 Å². The topological polar surface area (TPSA) is 76.1 Å². The fourth-order valence-electron chi connectivity index (χ4n) is 1.61. The number of benzene rings is 1. The Morgan fingerprint density at radius 1 is 1.50 bits per heavy atom. The minimum atomic E-state index is -0.356. The number of hydrogen-bond donors (Lipinski definition) is 1. The molecule has 2 N–H and O–H groups in total. The number of carbonyl (C=O) groups is 1. The molecular formula is C12H14N2O2. The van der Waals surface area contributed by atoms with Gasteiger partial charge in [0.25, 0.3) is 0 Å². The molecule has 0 aliphatic heterocycles. The van der Waals surface area contributed by atoms with E-state index in [9.17, 15) is 4.79 Å². The van der Waals surface area contributed by atoms with Crippen LogP contribution in [0.15, 0.2) is 12.1 Å². The van der Waals surface area contributed by atoms with Crippen LogP contribution in [0, 0.1) is 18.3 Å². The van der Waals surface area contributed by atoms with Crippen LogP contribution in [0.4, 0.5) is 0 Å². The van der Waals surface area contributed by atoms with Crippen molar-refractivity contribution in [2.75, 3.05) is 7.11 Å². The molecule has 0 heterocycles. The first-order valence-corrected chi connectivity index (χ1v) is 4.91. The second-order valence-corrected chi connectivity index (χ2v) is 3.53. The summed E-state index contributed by atoms with van der Waals surface area (Å²) in [6.45, 7) is 2.19. The minimum Gasteiger partial charge on any atom is -0.469 e. The number of carbonyl (C=O) groups excluding carboxylic acids is 1. The molecule has 0 aromatic heterocycles. The summed E-state index contributed by atoms with van der Waals surface area (Å²) >= 11 is 0. The average Bonchev–Trinajstić information content (AvgIpc) is 2.28. The van der Waals surface area contributed by atoms with Crippen LogP contribution in [-0.4, -0.2) is 13.1 Å². The minimum absolute atomic E-state index is 0.105. The van der Waals surface area contributed by atoms with Crippen molar-refractivity contribution in [3.05, 3.63) is 34.4 Å². The average molecular weight is 218 g/mol. The van der Waals surface area contributed by atoms with Gasteiger partial charge >= 0.3 is 5.97 Å². The molecule has 0 aliphatic carbocycles. The Morgan fingerprint density at radius 3 is 2.62 bits per heavy atom. The highest BCUT2D eigenvalue weighted by atomic mass is 16.5. The SMILES string of the molecule is COC(=O)Cc1cc(C)cc(CN)c1C#N. The van der Waals surface area contributed by atoms with Gasteiger partial charge in [-0.1, -0.05) is 17.7 Å². The summed E-state index contributed by atoms with van der Waals surface area (Å²) < 4.78 is 4.59. The predicted molar refractivity (Wildman–Crippen MR) is 59.5 cm³/mol. The van der Waals surface area contributed by atoms with Crippen molar-refractivity contribution in [2.24, 2.45) is 5.73 Å². The lowest BCUT2D eigenvalue weighted by atomic mass is 9.97. The first kappa shape index (κ1) is 12.2. The number of hydrogen-bond acceptors (Lipinski definition) is 4. The summed E-state index contributed by atoms with van der Waals surface area (Å²) in [4.78, 5) is 11.2. The molecule has 84 valence electrons. The Balaban J connectivity index is 3.21. The van der Waals surface area contributed by atoms with Gasteiger partial charge in [-0.05, 0) is 18.1 Å². The zero-order valence-electron chi connectivity index (χ0n) is 9.41. The van der Waals surface area contributed by atoms with Gasteiger partial charge in [0.05, 0.1) is 25.2 Å². The number of rotatable bonds is 3. The Morgan fingerprint density at radius 2 is 2.12 bits per heavy atom. The molecule has 4 heteroatoms. The van der Waals surface area contributed by atoms with E-state index in [-0.39, 0.29) is 12.4 Å². The molecule has 0 radical (unpaired) electrons. The summed E-state index contributed by atoms with van der Waals surface area (Å²) in [5.41, 5.74) is 8.47. The van der Waals surface area contributed by atoms with Gasteiger partial charge in [0.15, 0.2) is 0 Å². The molecular weight excluding hydrogens is 204 g/mol. The zero-order valence-corrected chi connectivity index (χ0v) is 9.41. The van der Waals surface area contributed by atoms with E-state index >= 15 is 0 Å². The molecule has 0 fully saturated rings. The molecule has 0 saturated heterocycles. The quantitative estimate of drug-likeness (QED) is 0.769. The number of nitrogens with zero attached hydrogens (tertiary/aromatic N) is 1. The van der Waals surface area contributed by atoms with Gasteiger partial charge in [0, 0.05) is 6.54 Å². The lowest BCUT2D eigenvalue weighted by Gasteiger charge is -2.09. The van der Waals surface area contributed by atoms with Crippen LogP contribution in [0.3, 0.4) is 0 Å². The normalized spacial score (nSPS) is 9.62. The largest absolute Gasteiger partial charge is 0.469 e. The third kappa shape index (κ3) is 2.59. The van der Waals surface area contributed by atoms with Crippen molar-refractivity contribution in [1.29, 1.82) is 5.26 Å². The Kier molecular flexibility index (Phi) is 4.03. The molecule has 16 heavy (non-hydrogen) atoms. The van der Waals surface area contributed by atoms with Crippen LogP contribution in [0.5, 0.6) is 0 Å². The lowest BCUT2D eigenvalue weighted by molar-refractivity contribution is -0.139. The predicted octanol–water partition coefficient (Wildman–Crippen LogP) is 1.04. The maximum absolute atomic E-state index is 11.2. The van der Waals surface area contributed by atoms with Crippen LogP contribution in [0.25, 0.3) is 0 Å². The first-order valence-electron chi connectivity index (χ1n) is 4.91. The van der Waals surface area contributed by atoms with Gasteiger partial charge in [-0.15, -0.1) is 0 Å². The fourth-order valence-corrected chi connectivity index (χ4v) is 1.61. The summed E-state index contributed by atoms with van der Waals surface area (Å²) in [6.07, 6.45) is 0.105. The monoisotopic (exact) mass is 218 g/mol. The molecule has 1 aromatic rings. The highest BCUT2D eigenvalue weighted by Gasteiger charge is 2.12. The van der Waals surface area contributed by atoms with Crippen LogP contribution < -0.4 is 5.73 Å². The summed E-state index contributed by atoms with van der Waals surface area (Å²) in [7, 11) is 1.33. The third-order valence-corrected chi connectivity index (χ3v) is 2.34. The number of methoxy groups -OCH3 is 1. The highest BCUT2D eigenvalue weighted by Crippen LogP contribution is 2.17. The molecule has 1 aromatic carbocycles. The van der Waals surface area contributed by atoms with Gasteiger partial charge in [0.1, 0.15) is 0 Å². The lowest BCUT2D eigenvalue weighted by Crippen LogP contribution is -2.09. The zero-order chi connectivity index (χ0) is 12.1. The number of aryl methyl sites for hydroxylation is 1. The van der Waals surface area contributed by atoms with E-state index in [1.54, 1.807) is 0 Å². The van der Waals surface area contributed by atoms with Gasteiger partial charge in [-0.2, -0.15) is 5.26 Å². The van der Waals surface area contributed by atoms with Crippen molar-refractivity contribution >= 4 is 5.97 Å². The fraction of sp³-hybridized carbons (Fsp3) is 0.333. The Labute approximate surface area is 94.6 Å². The number of nitrogens with two attached hydrogens (primary N) is 1. The van der Waals surface area contributed by atoms with Gasteiger partial charge in [-0.25, -0.2) is 0 Å². The second kappa shape index (κ2) is 5.29. The van der Waals surface area contributed by atoms with E-state index in [2.05, 4.69) is 10.8 Å². The number of nitriles is 1. The van der Waals surface area contributed by atoms with Crippen molar-refractivity contribution in [3.63, 3.8) is 0 Å². The molecule has 0 atom stereocenters. The van der Waals surface area contributed by atoms with Crippen LogP contribution >= 0.6 is 0 Å². The van der Waals surface area contributed by atoms with E-state index in [0.29, 0.717) is 17.7 Å². The van der Waals surface area contributed by atoms with E-state index in [1.807, 2.05) is 19.1 Å². The van der Waals surface area contributed by atoms with E-state index in [4.69, 9.17) is 11.0 Å². The molecule has 0 saturated carbocycles. The van der Waals surface area contributed by atoms with Gasteiger partial charge in [-0.3, -0.25) is 4.79 Å². The molecule has 0 spiro atoms. The van der Waals surface area contributed by atoms with Gasteiger partial charge in [0.2, 0.25) is 0 Å². The summed E-state index contributed by atoms with van der Waals surface area (Å²) in [5.74, 6) is -0.356. The smallest absolute Gasteiger partial charge is 0.310 e. The van der Waals surface area contributed by atoms with Crippen LogP contribution in [-0.2, 0) is 22.5 Å². The molecule has 0 bridgehead atoms. The number of esters is 1. The standard InChI is InChI=1S/C12H14N2O2/c1-8-3-9(5-12(15)16-2)11(7-14)10(4-8)6-13/h3-4H,5-6,13H2,1-2H3. The van der Waals surface area contributed by atoms with E-state index in [0.717, 1.165) is 11.1 Å². The highest BCUT2D eigenvalue weighted by molar-refractivity contribution is 5.73. The van der Waals surface area contributed by atoms with Crippen molar-refractivity contribution in [3.8, 4) is 6.07 Å². The Bertz CT molecular complexity index is 447. The number of ether oxygens (including phenoxy) is 1. The van der Waals surface area contributed by atoms with Crippen molar-refractivity contribution < 1.29 is 9.53 Å². The van der Waals surface area contributed by atoms with Crippen LogP contribution in [0.1, 0.15) is 22.3 Å². The molecule has 0 unspecified atom stereocenters. The second-order valence-electron chi connectivity index (χ2n) is 3.53. The van der Waals surface area contributed by atoms with Crippen molar-refractivity contribution in [2.45, 2.75) is 19.9 Å². The van der Waals surface area contributed by atoms with Crippen LogP contribution in [0.2, 0.25) is 0 Å². The summed E-state index contributed by atoms with van der Waals surface area (Å²) in [6, 6.07) is 5.76. The summed E-state index contributed by atoms with van der Waals surface area (Å²) in [5, 5.41) is 9.05. The molecule has 0 amide bonds. The molecule has 1 rings (SSSR count). The van der Waals surface area contributed by atoms with E-state index < -0.39 is 0 Å². The van der Waals surface area contributed by atoms with Gasteiger partial charge < -0.3 is 10.5 Å². The maximum atomic E-state index is 11.2. The molecule has 0 aliphatic rings. The third-order valence-electron chi connectivity index (χ3n) is 2.34. The first-order chi connectivity index (χ1) is 7.62. The molecule has 4 nitrogen and oxygen atoms in total. The Hall–Kier alpha value is -1.86.